The standard InChI is InChI=1S/C13H18N4/c1-3-8-17-9-7-15-13(17)16-10-12-11(2)5-4-6-14-12/h4-7,9H,3,8,10H2,1-2H3,(H,15,16). The number of aromatic nitrogens is 3. The number of rotatable bonds is 5. The van der Waals surface area contributed by atoms with E-state index in [0.717, 1.165) is 24.6 Å². The Morgan fingerprint density at radius 1 is 1.29 bits per heavy atom. The summed E-state index contributed by atoms with van der Waals surface area (Å²) in [4.78, 5) is 8.66. The Bertz CT molecular complexity index is 476. The molecule has 4 heteroatoms. The molecule has 2 aromatic rings. The number of imidazole rings is 1. The molecule has 2 aromatic heterocycles. The molecule has 0 atom stereocenters. The number of anilines is 1. The summed E-state index contributed by atoms with van der Waals surface area (Å²) < 4.78 is 2.12. The highest BCUT2D eigenvalue weighted by atomic mass is 15.2. The highest BCUT2D eigenvalue weighted by molar-refractivity contribution is 5.29. The molecule has 0 radical (unpaired) electrons. The van der Waals surface area contributed by atoms with Gasteiger partial charge in [-0.2, -0.15) is 0 Å². The van der Waals surface area contributed by atoms with E-state index in [4.69, 9.17) is 0 Å². The third-order valence-electron chi connectivity index (χ3n) is 2.71. The van der Waals surface area contributed by atoms with Crippen molar-refractivity contribution in [1.82, 2.24) is 14.5 Å². The molecular weight excluding hydrogens is 212 g/mol. The first-order valence-corrected chi connectivity index (χ1v) is 5.96. The zero-order chi connectivity index (χ0) is 12.1. The van der Waals surface area contributed by atoms with Gasteiger partial charge < -0.3 is 9.88 Å². The van der Waals surface area contributed by atoms with Gasteiger partial charge in [0.05, 0.1) is 12.2 Å². The molecule has 0 aromatic carbocycles. The van der Waals surface area contributed by atoms with Crippen LogP contribution in [0.3, 0.4) is 0 Å². The number of nitrogens with zero attached hydrogens (tertiary/aromatic N) is 3. The fourth-order valence-electron chi connectivity index (χ4n) is 1.76. The van der Waals surface area contributed by atoms with Gasteiger partial charge in [-0.3, -0.25) is 4.98 Å². The van der Waals surface area contributed by atoms with E-state index in [1.807, 2.05) is 24.7 Å². The average Bonchev–Trinajstić information content (AvgIpc) is 2.76. The molecule has 0 aliphatic rings. The fourth-order valence-corrected chi connectivity index (χ4v) is 1.76. The molecule has 0 spiro atoms. The summed E-state index contributed by atoms with van der Waals surface area (Å²) in [7, 11) is 0. The second kappa shape index (κ2) is 5.48. The molecule has 90 valence electrons. The maximum Gasteiger partial charge on any atom is 0.203 e. The summed E-state index contributed by atoms with van der Waals surface area (Å²) in [5.74, 6) is 0.914. The van der Waals surface area contributed by atoms with E-state index in [1.54, 1.807) is 0 Å². The lowest BCUT2D eigenvalue weighted by atomic mass is 10.2. The normalized spacial score (nSPS) is 10.5. The maximum atomic E-state index is 4.35. The highest BCUT2D eigenvalue weighted by Crippen LogP contribution is 2.09. The van der Waals surface area contributed by atoms with Gasteiger partial charge in [0.1, 0.15) is 0 Å². The first-order valence-electron chi connectivity index (χ1n) is 5.96. The van der Waals surface area contributed by atoms with Crippen molar-refractivity contribution in [2.45, 2.75) is 33.4 Å². The zero-order valence-corrected chi connectivity index (χ0v) is 10.3. The lowest BCUT2D eigenvalue weighted by Gasteiger charge is -2.09. The molecule has 0 fully saturated rings. The molecule has 2 heterocycles. The van der Waals surface area contributed by atoms with Crippen LogP contribution in [0.5, 0.6) is 0 Å². The Kier molecular flexibility index (Phi) is 3.75. The summed E-state index contributed by atoms with van der Waals surface area (Å²) in [6, 6.07) is 4.03. The van der Waals surface area contributed by atoms with Crippen LogP contribution in [-0.2, 0) is 13.1 Å². The number of hydrogen-bond donors (Lipinski definition) is 1. The predicted octanol–water partition coefficient (Wildman–Crippen LogP) is 2.61. The molecule has 0 unspecified atom stereocenters. The van der Waals surface area contributed by atoms with Crippen molar-refractivity contribution < 1.29 is 0 Å². The second-order valence-electron chi connectivity index (χ2n) is 4.06. The van der Waals surface area contributed by atoms with Gasteiger partial charge in [-0.15, -0.1) is 0 Å². The highest BCUT2D eigenvalue weighted by Gasteiger charge is 2.03. The van der Waals surface area contributed by atoms with Crippen molar-refractivity contribution >= 4 is 5.95 Å². The van der Waals surface area contributed by atoms with Crippen LogP contribution >= 0.6 is 0 Å². The van der Waals surface area contributed by atoms with Gasteiger partial charge in [0.25, 0.3) is 0 Å². The topological polar surface area (TPSA) is 42.7 Å². The van der Waals surface area contributed by atoms with Crippen LogP contribution in [0.2, 0.25) is 0 Å². The van der Waals surface area contributed by atoms with Crippen LogP contribution in [0.25, 0.3) is 0 Å². The van der Waals surface area contributed by atoms with Crippen LogP contribution in [0.15, 0.2) is 30.7 Å². The molecule has 17 heavy (non-hydrogen) atoms. The van der Waals surface area contributed by atoms with Gasteiger partial charge >= 0.3 is 0 Å². The number of nitrogens with one attached hydrogen (secondary N) is 1. The average molecular weight is 230 g/mol. The van der Waals surface area contributed by atoms with Crippen LogP contribution in [-0.4, -0.2) is 14.5 Å². The van der Waals surface area contributed by atoms with Gasteiger partial charge in [-0.25, -0.2) is 4.98 Å². The van der Waals surface area contributed by atoms with Crippen LogP contribution in [0.4, 0.5) is 5.95 Å². The quantitative estimate of drug-likeness (QED) is 0.858. The molecule has 0 saturated heterocycles. The lowest BCUT2D eigenvalue weighted by Crippen LogP contribution is -2.09. The van der Waals surface area contributed by atoms with E-state index in [9.17, 15) is 0 Å². The summed E-state index contributed by atoms with van der Waals surface area (Å²) >= 11 is 0. The number of pyridine rings is 1. The smallest absolute Gasteiger partial charge is 0.203 e. The first kappa shape index (κ1) is 11.6. The zero-order valence-electron chi connectivity index (χ0n) is 10.3. The van der Waals surface area contributed by atoms with E-state index in [1.165, 1.54) is 5.56 Å². The van der Waals surface area contributed by atoms with Crippen LogP contribution in [0.1, 0.15) is 24.6 Å². The summed E-state index contributed by atoms with van der Waals surface area (Å²) in [5, 5.41) is 3.32. The SMILES string of the molecule is CCCn1ccnc1NCc1ncccc1C. The van der Waals surface area contributed by atoms with Crippen molar-refractivity contribution in [3.63, 3.8) is 0 Å². The summed E-state index contributed by atoms with van der Waals surface area (Å²) in [6.45, 7) is 5.94. The van der Waals surface area contributed by atoms with Crippen molar-refractivity contribution in [3.8, 4) is 0 Å². The van der Waals surface area contributed by atoms with Gasteiger partial charge in [-0.05, 0) is 25.0 Å². The Morgan fingerprint density at radius 3 is 2.94 bits per heavy atom. The molecule has 0 amide bonds. The van der Waals surface area contributed by atoms with Crippen molar-refractivity contribution in [3.05, 3.63) is 42.0 Å². The second-order valence-corrected chi connectivity index (χ2v) is 4.06. The molecule has 4 nitrogen and oxygen atoms in total. The van der Waals surface area contributed by atoms with E-state index < -0.39 is 0 Å². The van der Waals surface area contributed by atoms with Crippen molar-refractivity contribution in [1.29, 1.82) is 0 Å². The lowest BCUT2D eigenvalue weighted by molar-refractivity contribution is 0.681. The minimum atomic E-state index is 0.716. The minimum Gasteiger partial charge on any atom is -0.350 e. The van der Waals surface area contributed by atoms with Crippen LogP contribution in [0, 0.1) is 6.92 Å². The Hall–Kier alpha value is -1.84. The first-order chi connectivity index (χ1) is 8.31. The van der Waals surface area contributed by atoms with E-state index in [2.05, 4.69) is 39.8 Å². The molecule has 2 rings (SSSR count). The molecule has 0 aliphatic heterocycles. The molecule has 1 N–H and O–H groups in total. The Balaban J connectivity index is 2.02. The number of hydrogen-bond acceptors (Lipinski definition) is 3. The Labute approximate surface area is 102 Å². The van der Waals surface area contributed by atoms with Gasteiger partial charge in [0.2, 0.25) is 5.95 Å². The molecular formula is C13H18N4. The summed E-state index contributed by atoms with van der Waals surface area (Å²) in [5.41, 5.74) is 2.27. The van der Waals surface area contributed by atoms with Gasteiger partial charge in [0, 0.05) is 25.1 Å². The monoisotopic (exact) mass is 230 g/mol. The van der Waals surface area contributed by atoms with E-state index in [0.29, 0.717) is 6.54 Å². The third kappa shape index (κ3) is 2.84. The maximum absolute atomic E-state index is 4.35. The molecule has 0 saturated carbocycles. The largest absolute Gasteiger partial charge is 0.350 e. The predicted molar refractivity (Wildman–Crippen MR) is 68.8 cm³/mol. The number of aryl methyl sites for hydroxylation is 2. The minimum absolute atomic E-state index is 0.716. The fraction of sp³-hybridized carbons (Fsp3) is 0.385. The molecule has 0 bridgehead atoms. The summed E-state index contributed by atoms with van der Waals surface area (Å²) in [6.07, 6.45) is 6.75. The van der Waals surface area contributed by atoms with Gasteiger partial charge in [0.15, 0.2) is 0 Å². The van der Waals surface area contributed by atoms with Crippen molar-refractivity contribution in [2.24, 2.45) is 0 Å². The Morgan fingerprint density at radius 2 is 2.18 bits per heavy atom. The van der Waals surface area contributed by atoms with Gasteiger partial charge in [-0.1, -0.05) is 13.0 Å². The van der Waals surface area contributed by atoms with Crippen LogP contribution < -0.4 is 5.32 Å². The molecule has 0 aliphatic carbocycles. The van der Waals surface area contributed by atoms with Crippen molar-refractivity contribution in [2.75, 3.05) is 5.32 Å². The van der Waals surface area contributed by atoms with E-state index >= 15 is 0 Å². The van der Waals surface area contributed by atoms with E-state index in [-0.39, 0.29) is 0 Å². The third-order valence-corrected chi connectivity index (χ3v) is 2.71.